The van der Waals surface area contributed by atoms with Gasteiger partial charge in [0.2, 0.25) is 0 Å². The molecule has 0 aliphatic rings. The molecule has 0 atom stereocenters. The van der Waals surface area contributed by atoms with Gasteiger partial charge in [0.25, 0.3) is 15.9 Å². The number of hydrogen-bond donors (Lipinski definition) is 2. The summed E-state index contributed by atoms with van der Waals surface area (Å²) in [5, 5.41) is 2.80. The van der Waals surface area contributed by atoms with Crippen molar-refractivity contribution in [2.24, 2.45) is 0 Å². The average molecular weight is 362 g/mol. The Morgan fingerprint density at radius 2 is 1.64 bits per heavy atom. The van der Waals surface area contributed by atoms with Crippen LogP contribution in [0.4, 0.5) is 4.79 Å². The molecule has 0 bridgehead atoms. The van der Waals surface area contributed by atoms with Crippen molar-refractivity contribution in [2.45, 2.75) is 11.3 Å². The molecule has 2 rings (SSSR count). The Morgan fingerprint density at radius 3 is 2.24 bits per heavy atom. The van der Waals surface area contributed by atoms with Crippen LogP contribution in [0.5, 0.6) is 0 Å². The van der Waals surface area contributed by atoms with Gasteiger partial charge in [-0.05, 0) is 36.2 Å². The van der Waals surface area contributed by atoms with Gasteiger partial charge in [0.1, 0.15) is 0 Å². The van der Waals surface area contributed by atoms with Gasteiger partial charge < -0.3 is 10.1 Å². The van der Waals surface area contributed by atoms with Gasteiger partial charge in [-0.15, -0.1) is 0 Å². The van der Waals surface area contributed by atoms with Gasteiger partial charge in [-0.3, -0.25) is 4.79 Å². The number of rotatable bonds is 6. The minimum absolute atomic E-state index is 0.0463. The summed E-state index contributed by atoms with van der Waals surface area (Å²) in [6, 6.07) is 14.9. The zero-order valence-electron chi connectivity index (χ0n) is 13.6. The number of benzene rings is 2. The van der Waals surface area contributed by atoms with Crippen LogP contribution >= 0.6 is 0 Å². The van der Waals surface area contributed by atoms with Crippen molar-refractivity contribution in [3.8, 4) is 0 Å². The molecule has 0 fully saturated rings. The first-order chi connectivity index (χ1) is 11.9. The predicted molar refractivity (Wildman–Crippen MR) is 91.6 cm³/mol. The van der Waals surface area contributed by atoms with E-state index in [4.69, 9.17) is 0 Å². The smallest absolute Gasteiger partial charge is 0.420 e. The molecule has 0 aliphatic heterocycles. The molecule has 2 aromatic rings. The highest BCUT2D eigenvalue weighted by Crippen LogP contribution is 2.11. The SMILES string of the molecule is COC(=O)NS(=O)(=O)c1ccc(CCNC(=O)c2ccccc2)cc1. The molecule has 25 heavy (non-hydrogen) atoms. The molecular formula is C17H18N2O5S. The van der Waals surface area contributed by atoms with Crippen molar-refractivity contribution in [2.75, 3.05) is 13.7 Å². The second kappa shape index (κ2) is 8.29. The first-order valence-corrected chi connectivity index (χ1v) is 8.93. The molecule has 0 heterocycles. The number of amides is 2. The van der Waals surface area contributed by atoms with Crippen molar-refractivity contribution in [1.82, 2.24) is 10.0 Å². The maximum atomic E-state index is 11.9. The van der Waals surface area contributed by atoms with E-state index in [1.807, 2.05) is 6.07 Å². The third-order valence-electron chi connectivity index (χ3n) is 3.37. The third-order valence-corrected chi connectivity index (χ3v) is 4.70. The topological polar surface area (TPSA) is 102 Å². The zero-order chi connectivity index (χ0) is 18.3. The Hall–Kier alpha value is -2.87. The van der Waals surface area contributed by atoms with Gasteiger partial charge in [0, 0.05) is 12.1 Å². The fourth-order valence-corrected chi connectivity index (χ4v) is 2.97. The van der Waals surface area contributed by atoms with E-state index < -0.39 is 16.1 Å². The molecule has 0 saturated heterocycles. The van der Waals surface area contributed by atoms with E-state index >= 15 is 0 Å². The van der Waals surface area contributed by atoms with Gasteiger partial charge in [0.05, 0.1) is 12.0 Å². The molecular weight excluding hydrogens is 344 g/mol. The number of carbonyl (C=O) groups is 2. The lowest BCUT2D eigenvalue weighted by Crippen LogP contribution is -2.30. The van der Waals surface area contributed by atoms with Crippen molar-refractivity contribution in [1.29, 1.82) is 0 Å². The van der Waals surface area contributed by atoms with Gasteiger partial charge in [0.15, 0.2) is 0 Å². The molecule has 7 nitrogen and oxygen atoms in total. The molecule has 0 radical (unpaired) electrons. The van der Waals surface area contributed by atoms with Crippen LogP contribution in [0.3, 0.4) is 0 Å². The zero-order valence-corrected chi connectivity index (χ0v) is 14.4. The predicted octanol–water partition coefficient (Wildman–Crippen LogP) is 1.70. The maximum Gasteiger partial charge on any atom is 0.420 e. The van der Waals surface area contributed by atoms with E-state index in [1.165, 1.54) is 12.1 Å². The summed E-state index contributed by atoms with van der Waals surface area (Å²) in [6.45, 7) is 0.417. The fourth-order valence-electron chi connectivity index (χ4n) is 2.06. The Morgan fingerprint density at radius 1 is 1.00 bits per heavy atom. The van der Waals surface area contributed by atoms with Crippen LogP contribution in [-0.2, 0) is 21.2 Å². The van der Waals surface area contributed by atoms with Crippen molar-refractivity contribution < 1.29 is 22.7 Å². The Kier molecular flexibility index (Phi) is 6.13. The highest BCUT2D eigenvalue weighted by Gasteiger charge is 2.17. The lowest BCUT2D eigenvalue weighted by atomic mass is 10.1. The van der Waals surface area contributed by atoms with E-state index in [2.05, 4.69) is 10.1 Å². The minimum atomic E-state index is -3.95. The van der Waals surface area contributed by atoms with Crippen LogP contribution in [0, 0.1) is 0 Å². The van der Waals surface area contributed by atoms with Crippen LogP contribution in [0.1, 0.15) is 15.9 Å². The van der Waals surface area contributed by atoms with Gasteiger partial charge in [-0.2, -0.15) is 0 Å². The Labute approximate surface area is 146 Å². The fraction of sp³-hybridized carbons (Fsp3) is 0.176. The first-order valence-electron chi connectivity index (χ1n) is 7.45. The molecule has 0 unspecified atom stereocenters. The van der Waals surface area contributed by atoms with E-state index in [0.717, 1.165) is 12.7 Å². The highest BCUT2D eigenvalue weighted by atomic mass is 32.2. The summed E-state index contributed by atoms with van der Waals surface area (Å²) in [7, 11) is -2.87. The lowest BCUT2D eigenvalue weighted by molar-refractivity contribution is 0.0954. The Bertz CT molecular complexity index is 833. The quantitative estimate of drug-likeness (QED) is 0.814. The number of nitrogens with one attached hydrogen (secondary N) is 2. The molecule has 2 amide bonds. The minimum Gasteiger partial charge on any atom is -0.452 e. The second-order valence-electron chi connectivity index (χ2n) is 5.11. The number of methoxy groups -OCH3 is 1. The maximum absolute atomic E-state index is 11.9. The third kappa shape index (κ3) is 5.32. The number of ether oxygens (including phenoxy) is 1. The highest BCUT2D eigenvalue weighted by molar-refractivity contribution is 7.90. The van der Waals surface area contributed by atoms with Crippen molar-refractivity contribution in [3.63, 3.8) is 0 Å². The summed E-state index contributed by atoms with van der Waals surface area (Å²) in [6.07, 6.45) is -0.503. The van der Waals surface area contributed by atoms with Gasteiger partial charge in [-0.25, -0.2) is 17.9 Å². The standard InChI is InChI=1S/C17H18N2O5S/c1-24-17(21)19-25(22,23)15-9-7-13(8-10-15)11-12-18-16(20)14-5-3-2-4-6-14/h2-10H,11-12H2,1H3,(H,18,20)(H,19,21). The molecule has 0 aromatic heterocycles. The van der Waals surface area contributed by atoms with E-state index in [-0.39, 0.29) is 10.8 Å². The van der Waals surface area contributed by atoms with Crippen LogP contribution in [0.15, 0.2) is 59.5 Å². The first kappa shape index (κ1) is 18.5. The van der Waals surface area contributed by atoms with Crippen LogP contribution in [0.2, 0.25) is 0 Å². The van der Waals surface area contributed by atoms with E-state index in [1.54, 1.807) is 41.1 Å². The number of sulfonamides is 1. The lowest BCUT2D eigenvalue weighted by Gasteiger charge is -2.08. The van der Waals surface area contributed by atoms with Crippen molar-refractivity contribution >= 4 is 22.0 Å². The number of carbonyl (C=O) groups excluding carboxylic acids is 2. The summed E-state index contributed by atoms with van der Waals surface area (Å²) in [5.74, 6) is -0.165. The van der Waals surface area contributed by atoms with Crippen LogP contribution < -0.4 is 10.0 Å². The molecule has 2 aromatic carbocycles. The summed E-state index contributed by atoms with van der Waals surface area (Å²) in [4.78, 5) is 22.9. The number of hydrogen-bond acceptors (Lipinski definition) is 5. The monoisotopic (exact) mass is 362 g/mol. The molecule has 132 valence electrons. The average Bonchev–Trinajstić information content (AvgIpc) is 2.62. The summed E-state index contributed by atoms with van der Waals surface area (Å²) < 4.78 is 29.9. The van der Waals surface area contributed by atoms with Crippen LogP contribution in [-0.4, -0.2) is 34.1 Å². The normalized spacial score (nSPS) is 10.8. The summed E-state index contributed by atoms with van der Waals surface area (Å²) in [5.41, 5.74) is 1.43. The largest absolute Gasteiger partial charge is 0.452 e. The summed E-state index contributed by atoms with van der Waals surface area (Å²) >= 11 is 0. The Balaban J connectivity index is 1.90. The van der Waals surface area contributed by atoms with Crippen LogP contribution in [0.25, 0.3) is 0 Å². The van der Waals surface area contributed by atoms with Gasteiger partial charge >= 0.3 is 6.09 Å². The van der Waals surface area contributed by atoms with Crippen molar-refractivity contribution in [3.05, 3.63) is 65.7 Å². The van der Waals surface area contributed by atoms with Gasteiger partial charge in [-0.1, -0.05) is 30.3 Å². The molecule has 2 N–H and O–H groups in total. The molecule has 0 aliphatic carbocycles. The molecule has 0 spiro atoms. The van der Waals surface area contributed by atoms with E-state index in [0.29, 0.717) is 18.5 Å². The molecule has 8 heteroatoms. The second-order valence-corrected chi connectivity index (χ2v) is 6.80. The van der Waals surface area contributed by atoms with E-state index in [9.17, 15) is 18.0 Å². The molecule has 0 saturated carbocycles.